The fourth-order valence-corrected chi connectivity index (χ4v) is 3.50. The van der Waals surface area contributed by atoms with E-state index in [9.17, 15) is 14.4 Å². The van der Waals surface area contributed by atoms with Gasteiger partial charge in [0.05, 0.1) is 5.75 Å². The number of thioether (sulfide) groups is 1. The number of anilines is 1. The highest BCUT2D eigenvalue weighted by Gasteiger charge is 2.28. The van der Waals surface area contributed by atoms with Gasteiger partial charge in [-0.2, -0.15) is 0 Å². The number of carbonyl (C=O) groups excluding carboxylic acids is 3. The predicted molar refractivity (Wildman–Crippen MR) is 104 cm³/mol. The number of rotatable bonds is 8. The quantitative estimate of drug-likeness (QED) is 0.585. The Balaban J connectivity index is 1.82. The molecule has 7 nitrogen and oxygen atoms in total. The summed E-state index contributed by atoms with van der Waals surface area (Å²) in [6.07, 6.45) is 2.04. The predicted octanol–water partition coefficient (Wildman–Crippen LogP) is 0.837. The molecule has 8 heteroatoms. The second kappa shape index (κ2) is 9.98. The summed E-state index contributed by atoms with van der Waals surface area (Å²) < 4.78 is 0. The average molecular weight is 376 g/mol. The van der Waals surface area contributed by atoms with Gasteiger partial charge in [0.15, 0.2) is 0 Å². The molecule has 3 N–H and O–H groups in total. The van der Waals surface area contributed by atoms with Crippen molar-refractivity contribution in [2.75, 3.05) is 24.2 Å². The number of benzene rings is 1. The van der Waals surface area contributed by atoms with Gasteiger partial charge >= 0.3 is 0 Å². The molecule has 140 valence electrons. The first kappa shape index (κ1) is 20.0. The van der Waals surface area contributed by atoms with Crippen LogP contribution in [-0.4, -0.2) is 48.6 Å². The van der Waals surface area contributed by atoms with Gasteiger partial charge in [-0.1, -0.05) is 24.3 Å². The third-order valence-corrected chi connectivity index (χ3v) is 4.88. The third-order valence-electron chi connectivity index (χ3n) is 3.88. The fourth-order valence-electron chi connectivity index (χ4n) is 2.49. The molecular weight excluding hydrogens is 352 g/mol. The summed E-state index contributed by atoms with van der Waals surface area (Å²) in [6.45, 7) is 3.95. The number of carbonyl (C=O) groups is 3. The summed E-state index contributed by atoms with van der Waals surface area (Å²) in [6, 6.07) is 9.10. The SMILES string of the molecule is C=CCNC(=O)CC1CC(=O)NC(SCC(=O)N(C)c2ccccc2)N1. The minimum Gasteiger partial charge on any atom is -0.353 e. The van der Waals surface area contributed by atoms with Crippen LogP contribution in [0.1, 0.15) is 12.8 Å². The smallest absolute Gasteiger partial charge is 0.236 e. The van der Waals surface area contributed by atoms with Crippen molar-refractivity contribution in [3.8, 4) is 0 Å². The largest absolute Gasteiger partial charge is 0.353 e. The minimum atomic E-state index is -0.401. The van der Waals surface area contributed by atoms with E-state index in [1.807, 2.05) is 30.3 Å². The van der Waals surface area contributed by atoms with Gasteiger partial charge in [-0.05, 0) is 12.1 Å². The Labute approximate surface area is 157 Å². The van der Waals surface area contributed by atoms with E-state index in [1.54, 1.807) is 18.0 Å². The zero-order chi connectivity index (χ0) is 18.9. The highest BCUT2D eigenvalue weighted by Crippen LogP contribution is 2.17. The molecule has 3 amide bonds. The van der Waals surface area contributed by atoms with Crippen LogP contribution in [0.4, 0.5) is 5.69 Å². The Hall–Kier alpha value is -2.32. The van der Waals surface area contributed by atoms with Crippen LogP contribution in [0.25, 0.3) is 0 Å². The Morgan fingerprint density at radius 3 is 2.81 bits per heavy atom. The lowest BCUT2D eigenvalue weighted by molar-refractivity contribution is -0.125. The molecule has 2 unspecified atom stereocenters. The average Bonchev–Trinajstić information content (AvgIpc) is 2.64. The summed E-state index contributed by atoms with van der Waals surface area (Å²) >= 11 is 1.30. The molecule has 2 atom stereocenters. The van der Waals surface area contributed by atoms with Gasteiger partial charge in [-0.25, -0.2) is 0 Å². The molecule has 1 aliphatic heterocycles. The van der Waals surface area contributed by atoms with E-state index in [0.29, 0.717) is 6.54 Å². The highest BCUT2D eigenvalue weighted by atomic mass is 32.2. The first-order valence-electron chi connectivity index (χ1n) is 8.36. The van der Waals surface area contributed by atoms with Gasteiger partial charge in [0.1, 0.15) is 5.50 Å². The van der Waals surface area contributed by atoms with Crippen LogP contribution in [0.15, 0.2) is 43.0 Å². The van der Waals surface area contributed by atoms with E-state index in [1.165, 1.54) is 11.8 Å². The number of nitrogens with one attached hydrogen (secondary N) is 3. The number of amides is 3. The second-order valence-electron chi connectivity index (χ2n) is 5.91. The van der Waals surface area contributed by atoms with Crippen LogP contribution in [0.2, 0.25) is 0 Å². The van der Waals surface area contributed by atoms with E-state index < -0.39 is 5.50 Å². The lowest BCUT2D eigenvalue weighted by Gasteiger charge is -2.31. The maximum Gasteiger partial charge on any atom is 0.236 e. The van der Waals surface area contributed by atoms with Crippen molar-refractivity contribution in [1.29, 1.82) is 0 Å². The lowest BCUT2D eigenvalue weighted by atomic mass is 10.1. The van der Waals surface area contributed by atoms with Gasteiger partial charge in [0, 0.05) is 38.2 Å². The van der Waals surface area contributed by atoms with Crippen molar-refractivity contribution >= 4 is 35.2 Å². The Bertz CT molecular complexity index is 653. The Kier molecular flexibility index (Phi) is 7.68. The molecule has 0 saturated carbocycles. The molecule has 1 aliphatic rings. The molecule has 0 radical (unpaired) electrons. The van der Waals surface area contributed by atoms with E-state index >= 15 is 0 Å². The molecule has 0 aromatic heterocycles. The molecule has 2 rings (SSSR count). The molecule has 1 fully saturated rings. The summed E-state index contributed by atoms with van der Waals surface area (Å²) in [4.78, 5) is 37.6. The maximum absolute atomic E-state index is 12.3. The standard InChI is InChI=1S/C18H24N4O3S/c1-3-9-19-15(23)10-13-11-16(24)21-18(20-13)26-12-17(25)22(2)14-7-5-4-6-8-14/h3-8,13,18,20H,1,9-12H2,2H3,(H,19,23)(H,21,24). The Morgan fingerprint density at radius 1 is 1.38 bits per heavy atom. The van der Waals surface area contributed by atoms with Crippen molar-refractivity contribution in [2.45, 2.75) is 24.4 Å². The van der Waals surface area contributed by atoms with E-state index in [2.05, 4.69) is 22.5 Å². The van der Waals surface area contributed by atoms with Gasteiger partial charge in [-0.15, -0.1) is 18.3 Å². The summed E-state index contributed by atoms with van der Waals surface area (Å²) in [5.74, 6) is -0.130. The van der Waals surface area contributed by atoms with Crippen LogP contribution in [0, 0.1) is 0 Å². The van der Waals surface area contributed by atoms with Crippen LogP contribution < -0.4 is 20.9 Å². The highest BCUT2D eigenvalue weighted by molar-refractivity contribution is 8.00. The first-order chi connectivity index (χ1) is 12.5. The van der Waals surface area contributed by atoms with Crippen LogP contribution in [-0.2, 0) is 14.4 Å². The summed E-state index contributed by atoms with van der Waals surface area (Å²) in [5, 5.41) is 8.69. The third kappa shape index (κ3) is 6.20. The summed E-state index contributed by atoms with van der Waals surface area (Å²) in [5.41, 5.74) is 0.414. The van der Waals surface area contributed by atoms with Crippen molar-refractivity contribution < 1.29 is 14.4 Å². The monoisotopic (exact) mass is 376 g/mol. The molecule has 0 spiro atoms. The molecule has 26 heavy (non-hydrogen) atoms. The maximum atomic E-state index is 12.3. The normalized spacial score (nSPS) is 19.3. The van der Waals surface area contributed by atoms with E-state index in [0.717, 1.165) is 5.69 Å². The van der Waals surface area contributed by atoms with Gasteiger partial charge in [-0.3, -0.25) is 19.7 Å². The molecule has 0 aliphatic carbocycles. The molecular formula is C18H24N4O3S. The lowest BCUT2D eigenvalue weighted by Crippen LogP contribution is -2.56. The molecule has 1 aromatic carbocycles. The fraction of sp³-hybridized carbons (Fsp3) is 0.389. The minimum absolute atomic E-state index is 0.0666. The van der Waals surface area contributed by atoms with Crippen molar-refractivity contribution in [1.82, 2.24) is 16.0 Å². The molecule has 1 aromatic rings. The topological polar surface area (TPSA) is 90.5 Å². The van der Waals surface area contributed by atoms with E-state index in [-0.39, 0.29) is 42.4 Å². The first-order valence-corrected chi connectivity index (χ1v) is 9.40. The Morgan fingerprint density at radius 2 is 2.12 bits per heavy atom. The van der Waals surface area contributed by atoms with Crippen molar-refractivity contribution in [3.05, 3.63) is 43.0 Å². The number of hydrogen-bond acceptors (Lipinski definition) is 5. The van der Waals surface area contributed by atoms with Crippen molar-refractivity contribution in [3.63, 3.8) is 0 Å². The van der Waals surface area contributed by atoms with E-state index in [4.69, 9.17) is 0 Å². The van der Waals surface area contributed by atoms with Gasteiger partial charge in [0.25, 0.3) is 0 Å². The van der Waals surface area contributed by atoms with Crippen molar-refractivity contribution in [2.24, 2.45) is 0 Å². The molecule has 1 heterocycles. The van der Waals surface area contributed by atoms with Crippen LogP contribution in [0.5, 0.6) is 0 Å². The van der Waals surface area contributed by atoms with Gasteiger partial charge < -0.3 is 15.5 Å². The summed E-state index contributed by atoms with van der Waals surface area (Å²) in [7, 11) is 1.72. The number of hydrogen-bond donors (Lipinski definition) is 3. The van der Waals surface area contributed by atoms with Crippen LogP contribution >= 0.6 is 11.8 Å². The molecule has 1 saturated heterocycles. The zero-order valence-corrected chi connectivity index (χ0v) is 15.6. The number of para-hydroxylation sites is 1. The number of nitrogens with zero attached hydrogens (tertiary/aromatic N) is 1. The zero-order valence-electron chi connectivity index (χ0n) is 14.7. The van der Waals surface area contributed by atoms with Crippen LogP contribution in [0.3, 0.4) is 0 Å². The molecule has 0 bridgehead atoms. The van der Waals surface area contributed by atoms with Gasteiger partial charge in [0.2, 0.25) is 17.7 Å². The second-order valence-corrected chi connectivity index (χ2v) is 7.00.